The summed E-state index contributed by atoms with van der Waals surface area (Å²) in [6, 6.07) is 8.05. The van der Waals surface area contributed by atoms with Gasteiger partial charge in [-0.05, 0) is 24.1 Å². The number of thiazole rings is 1. The fourth-order valence-electron chi connectivity index (χ4n) is 3.47. The molecule has 1 aromatic heterocycles. The average molecular weight is 385 g/mol. The highest BCUT2D eigenvalue weighted by molar-refractivity contribution is 7.13. The zero-order valence-electron chi connectivity index (χ0n) is 15.3. The van der Waals surface area contributed by atoms with Crippen LogP contribution in [0.25, 0.3) is 0 Å². The van der Waals surface area contributed by atoms with E-state index in [2.05, 4.69) is 19.8 Å². The van der Waals surface area contributed by atoms with Crippen molar-refractivity contribution in [3.63, 3.8) is 0 Å². The van der Waals surface area contributed by atoms with E-state index in [0.29, 0.717) is 18.9 Å². The molecule has 4 rings (SSSR count). The maximum absolute atomic E-state index is 11.8. The molecule has 0 radical (unpaired) electrons. The van der Waals surface area contributed by atoms with Crippen LogP contribution < -0.4 is 15.5 Å². The fraction of sp³-hybridized carbons (Fsp3) is 0.421. The summed E-state index contributed by atoms with van der Waals surface area (Å²) in [4.78, 5) is 27.0. The van der Waals surface area contributed by atoms with Crippen LogP contribution >= 0.6 is 11.3 Å². The molecule has 2 aromatic rings. The van der Waals surface area contributed by atoms with Crippen LogP contribution in [0.3, 0.4) is 0 Å². The molecule has 3 heterocycles. The van der Waals surface area contributed by atoms with E-state index in [0.717, 1.165) is 55.5 Å². The van der Waals surface area contributed by atoms with Crippen LogP contribution in [-0.4, -0.2) is 54.5 Å². The Balaban J connectivity index is 1.31. The van der Waals surface area contributed by atoms with Gasteiger partial charge in [0.25, 0.3) is 0 Å². The second kappa shape index (κ2) is 7.96. The zero-order valence-corrected chi connectivity index (χ0v) is 16.1. The van der Waals surface area contributed by atoms with Gasteiger partial charge in [0.2, 0.25) is 5.91 Å². The van der Waals surface area contributed by atoms with Gasteiger partial charge in [-0.3, -0.25) is 4.79 Å². The second-order valence-electron chi connectivity index (χ2n) is 6.78. The number of benzene rings is 1. The van der Waals surface area contributed by atoms with Crippen molar-refractivity contribution in [3.8, 4) is 0 Å². The molecule has 0 unspecified atom stereocenters. The molecule has 7 nitrogen and oxygen atoms in total. The van der Waals surface area contributed by atoms with Gasteiger partial charge in [0.05, 0.1) is 6.54 Å². The number of hydrogen-bond donors (Lipinski definition) is 1. The number of hydrogen-bond acceptors (Lipinski definition) is 5. The van der Waals surface area contributed by atoms with Crippen molar-refractivity contribution in [3.05, 3.63) is 41.4 Å². The minimum Gasteiger partial charge on any atom is -0.370 e. The molecule has 2 N–H and O–H groups in total. The van der Waals surface area contributed by atoms with Crippen LogP contribution in [0, 0.1) is 0 Å². The third-order valence-corrected chi connectivity index (χ3v) is 5.87. The summed E-state index contributed by atoms with van der Waals surface area (Å²) in [7, 11) is 0. The van der Waals surface area contributed by atoms with E-state index in [-0.39, 0.29) is 5.91 Å². The van der Waals surface area contributed by atoms with Gasteiger partial charge in [-0.1, -0.05) is 12.1 Å². The largest absolute Gasteiger partial charge is 0.370 e. The highest BCUT2D eigenvalue weighted by Crippen LogP contribution is 2.22. The number of piperazine rings is 1. The zero-order chi connectivity index (χ0) is 18.6. The number of rotatable bonds is 4. The van der Waals surface area contributed by atoms with Crippen LogP contribution in [0.4, 0.5) is 10.8 Å². The van der Waals surface area contributed by atoms with Gasteiger partial charge in [0.1, 0.15) is 0 Å². The van der Waals surface area contributed by atoms with Crippen LogP contribution in [0.5, 0.6) is 0 Å². The van der Waals surface area contributed by atoms with Crippen LogP contribution in [0.1, 0.15) is 18.4 Å². The first-order valence-electron chi connectivity index (χ1n) is 9.29. The first kappa shape index (κ1) is 17.8. The van der Waals surface area contributed by atoms with Gasteiger partial charge in [0.15, 0.2) is 11.1 Å². The van der Waals surface area contributed by atoms with E-state index in [4.69, 9.17) is 5.73 Å². The Labute approximate surface area is 163 Å². The van der Waals surface area contributed by atoms with Gasteiger partial charge < -0.3 is 20.4 Å². The number of anilines is 2. The number of nitrogens with two attached hydrogens (primary N) is 1. The quantitative estimate of drug-likeness (QED) is 0.644. The standard InChI is InChI=1S/C19H24N6OS/c20-18(23-9-11-24(12-10-23)19-21-7-13-27-19)22-14-15-3-5-16(6-4-15)25-8-1-2-17(25)26/h3-7,13H,1-2,8-12,14H2,(H2,20,22). The molecule has 1 aromatic carbocycles. The highest BCUT2D eigenvalue weighted by Gasteiger charge is 2.21. The third kappa shape index (κ3) is 4.05. The Kier molecular flexibility index (Phi) is 5.24. The summed E-state index contributed by atoms with van der Waals surface area (Å²) in [5.41, 5.74) is 8.26. The lowest BCUT2D eigenvalue weighted by Crippen LogP contribution is -2.51. The van der Waals surface area contributed by atoms with Crippen molar-refractivity contribution < 1.29 is 4.79 Å². The molecule has 0 spiro atoms. The summed E-state index contributed by atoms with van der Waals surface area (Å²) >= 11 is 1.67. The molecule has 0 atom stereocenters. The molecular weight excluding hydrogens is 360 g/mol. The van der Waals surface area contributed by atoms with Crippen molar-refractivity contribution in [2.75, 3.05) is 42.5 Å². The number of aliphatic imine (C=N–C) groups is 1. The fourth-order valence-corrected chi connectivity index (χ4v) is 4.17. The highest BCUT2D eigenvalue weighted by atomic mass is 32.1. The molecule has 2 saturated heterocycles. The van der Waals surface area contributed by atoms with Crippen LogP contribution in [0.2, 0.25) is 0 Å². The maximum atomic E-state index is 11.8. The molecule has 0 saturated carbocycles. The predicted molar refractivity (Wildman–Crippen MR) is 109 cm³/mol. The van der Waals surface area contributed by atoms with Crippen LogP contribution in [-0.2, 0) is 11.3 Å². The van der Waals surface area contributed by atoms with Gasteiger partial charge in [-0.2, -0.15) is 0 Å². The van der Waals surface area contributed by atoms with Gasteiger partial charge in [-0.25, -0.2) is 9.98 Å². The summed E-state index contributed by atoms with van der Waals surface area (Å²) in [6.45, 7) is 4.88. The molecule has 2 aliphatic heterocycles. The van der Waals surface area contributed by atoms with Crippen molar-refractivity contribution in [1.82, 2.24) is 9.88 Å². The number of carbonyl (C=O) groups excluding carboxylic acids is 1. The molecule has 0 bridgehead atoms. The van der Waals surface area contributed by atoms with E-state index in [9.17, 15) is 4.79 Å². The predicted octanol–water partition coefficient (Wildman–Crippen LogP) is 1.91. The molecule has 1 amide bonds. The SMILES string of the molecule is NC(=NCc1ccc(N2CCCC2=O)cc1)N1CCN(c2nccs2)CC1. The van der Waals surface area contributed by atoms with Gasteiger partial charge in [-0.15, -0.1) is 11.3 Å². The smallest absolute Gasteiger partial charge is 0.227 e. The first-order valence-corrected chi connectivity index (χ1v) is 10.2. The van der Waals surface area contributed by atoms with Crippen molar-refractivity contribution in [2.24, 2.45) is 10.7 Å². The first-order chi connectivity index (χ1) is 13.2. The Morgan fingerprint density at radius 3 is 2.56 bits per heavy atom. The third-order valence-electron chi connectivity index (χ3n) is 5.04. The Bertz CT molecular complexity index is 796. The number of amides is 1. The Morgan fingerprint density at radius 1 is 1.15 bits per heavy atom. The molecule has 2 fully saturated rings. The molecule has 8 heteroatoms. The topological polar surface area (TPSA) is 78.1 Å². The number of carbonyl (C=O) groups is 1. The van der Waals surface area contributed by atoms with Crippen molar-refractivity contribution in [1.29, 1.82) is 0 Å². The minimum absolute atomic E-state index is 0.210. The normalized spacial score (nSPS) is 18.4. The molecule has 0 aliphatic carbocycles. The number of aromatic nitrogens is 1. The van der Waals surface area contributed by atoms with Gasteiger partial charge >= 0.3 is 0 Å². The second-order valence-corrected chi connectivity index (χ2v) is 7.65. The summed E-state index contributed by atoms with van der Waals surface area (Å²) in [6.07, 6.45) is 3.43. The van der Waals surface area contributed by atoms with E-state index in [1.165, 1.54) is 0 Å². The Hall–Kier alpha value is -2.61. The van der Waals surface area contributed by atoms with Crippen molar-refractivity contribution in [2.45, 2.75) is 19.4 Å². The number of nitrogens with zero attached hydrogens (tertiary/aromatic N) is 5. The molecule has 27 heavy (non-hydrogen) atoms. The molecular formula is C19H24N6OS. The Morgan fingerprint density at radius 2 is 1.93 bits per heavy atom. The lowest BCUT2D eigenvalue weighted by molar-refractivity contribution is -0.117. The number of guanidine groups is 1. The maximum Gasteiger partial charge on any atom is 0.227 e. The lowest BCUT2D eigenvalue weighted by Gasteiger charge is -2.35. The van der Waals surface area contributed by atoms with Crippen LogP contribution in [0.15, 0.2) is 40.8 Å². The molecule has 142 valence electrons. The van der Waals surface area contributed by atoms with Gasteiger partial charge in [0, 0.05) is 56.4 Å². The summed E-state index contributed by atoms with van der Waals surface area (Å²) < 4.78 is 0. The summed E-state index contributed by atoms with van der Waals surface area (Å²) in [5, 5.41) is 3.07. The van der Waals surface area contributed by atoms with E-state index >= 15 is 0 Å². The van der Waals surface area contributed by atoms with E-state index in [1.807, 2.05) is 40.7 Å². The van der Waals surface area contributed by atoms with E-state index < -0.39 is 0 Å². The summed E-state index contributed by atoms with van der Waals surface area (Å²) in [5.74, 6) is 0.800. The molecule has 2 aliphatic rings. The monoisotopic (exact) mass is 384 g/mol. The minimum atomic E-state index is 0.210. The van der Waals surface area contributed by atoms with E-state index in [1.54, 1.807) is 11.3 Å². The average Bonchev–Trinajstić information content (AvgIpc) is 3.39. The van der Waals surface area contributed by atoms with Crippen molar-refractivity contribution >= 4 is 34.0 Å². The lowest BCUT2D eigenvalue weighted by atomic mass is 10.2.